The van der Waals surface area contributed by atoms with E-state index in [1.165, 1.54) is 0 Å². The number of hydrogen-bond acceptors (Lipinski definition) is 3. The lowest BCUT2D eigenvalue weighted by Gasteiger charge is -2.20. The van der Waals surface area contributed by atoms with Crippen LogP contribution in [0.3, 0.4) is 0 Å². The molecule has 2 aromatic heterocycles. The van der Waals surface area contributed by atoms with Crippen LogP contribution in [0.1, 0.15) is 30.3 Å². The molecule has 3 rings (SSSR count). The molecule has 0 fully saturated rings. The van der Waals surface area contributed by atoms with Crippen LogP contribution in [0.25, 0.3) is 0 Å². The van der Waals surface area contributed by atoms with Crippen LogP contribution < -0.4 is 10.9 Å². The maximum Gasteiger partial charge on any atom is 0.255 e. The van der Waals surface area contributed by atoms with Crippen molar-refractivity contribution in [2.75, 3.05) is 0 Å². The van der Waals surface area contributed by atoms with Crippen molar-refractivity contribution in [3.05, 3.63) is 52.0 Å². The molecule has 0 saturated carbocycles. The average molecular weight is 300 g/mol. The highest BCUT2D eigenvalue weighted by Gasteiger charge is 2.26. The summed E-state index contributed by atoms with van der Waals surface area (Å²) in [6, 6.07) is 3.60. The van der Waals surface area contributed by atoms with E-state index in [0.717, 1.165) is 24.2 Å². The predicted molar refractivity (Wildman–Crippen MR) is 82.3 cm³/mol. The van der Waals surface area contributed by atoms with E-state index >= 15 is 0 Å². The summed E-state index contributed by atoms with van der Waals surface area (Å²) in [5, 5.41) is 2.90. The largest absolute Gasteiger partial charge is 0.352 e. The second-order valence-corrected chi connectivity index (χ2v) is 5.61. The van der Waals surface area contributed by atoms with E-state index in [9.17, 15) is 9.59 Å². The quantitative estimate of drug-likeness (QED) is 0.884. The molecule has 0 bridgehead atoms. The van der Waals surface area contributed by atoms with Gasteiger partial charge in [0.15, 0.2) is 0 Å². The Hall–Kier alpha value is -2.37. The van der Waals surface area contributed by atoms with Gasteiger partial charge in [0.2, 0.25) is 5.91 Å². The minimum Gasteiger partial charge on any atom is -0.352 e. The molecule has 1 atom stereocenters. The van der Waals surface area contributed by atoms with E-state index in [1.54, 1.807) is 23.2 Å². The van der Waals surface area contributed by atoms with Crippen molar-refractivity contribution in [3.8, 4) is 0 Å². The summed E-state index contributed by atoms with van der Waals surface area (Å²) in [5.74, 6) is -0.0448. The normalized spacial score (nSPS) is 17.0. The number of carbonyl (C=O) groups excluding carboxylic acids is 1. The Morgan fingerprint density at radius 1 is 1.55 bits per heavy atom. The van der Waals surface area contributed by atoms with Gasteiger partial charge in [0.05, 0.1) is 12.0 Å². The topological polar surface area (TPSA) is 79.8 Å². The molecule has 0 aromatic carbocycles. The second kappa shape index (κ2) is 6.17. The van der Waals surface area contributed by atoms with Crippen LogP contribution in [0.4, 0.5) is 0 Å². The number of amides is 1. The van der Waals surface area contributed by atoms with E-state index in [0.29, 0.717) is 18.5 Å². The molecule has 1 aliphatic carbocycles. The lowest BCUT2D eigenvalue weighted by atomic mass is 9.89. The molecule has 1 aliphatic rings. The number of aromatic amines is 1. The fourth-order valence-electron chi connectivity index (χ4n) is 2.92. The maximum absolute atomic E-state index is 12.3. The molecule has 6 nitrogen and oxygen atoms in total. The van der Waals surface area contributed by atoms with Gasteiger partial charge in [-0.1, -0.05) is 6.07 Å². The standard InChI is InChI=1S/C16H20N4O2/c1-2-20-7-3-4-12(16(20)22)9-17-15(21)11-5-6-13-14(8-11)19-10-18-13/h3-4,7,10-11H,2,5-6,8-9H2,1H3,(H,17,21)(H,18,19). The molecular weight excluding hydrogens is 280 g/mol. The van der Waals surface area contributed by atoms with Gasteiger partial charge in [-0.2, -0.15) is 0 Å². The Labute approximate surface area is 128 Å². The first-order chi connectivity index (χ1) is 10.7. The SMILES string of the molecule is CCn1cccc(CNC(=O)C2CCc3nc[nH]c3C2)c1=O. The highest BCUT2D eigenvalue weighted by Crippen LogP contribution is 2.22. The Bertz CT molecular complexity index is 732. The van der Waals surface area contributed by atoms with E-state index in [2.05, 4.69) is 15.3 Å². The van der Waals surface area contributed by atoms with Crippen LogP contribution in [0.2, 0.25) is 0 Å². The van der Waals surface area contributed by atoms with Crippen molar-refractivity contribution in [2.45, 2.75) is 39.3 Å². The summed E-state index contributed by atoms with van der Waals surface area (Å²) < 4.78 is 1.64. The van der Waals surface area contributed by atoms with Crippen molar-refractivity contribution in [1.29, 1.82) is 0 Å². The van der Waals surface area contributed by atoms with Crippen LogP contribution >= 0.6 is 0 Å². The first-order valence-corrected chi connectivity index (χ1v) is 7.66. The number of rotatable bonds is 4. The number of nitrogens with one attached hydrogen (secondary N) is 2. The highest BCUT2D eigenvalue weighted by molar-refractivity contribution is 5.79. The molecule has 0 saturated heterocycles. The molecule has 0 radical (unpaired) electrons. The van der Waals surface area contributed by atoms with Gasteiger partial charge < -0.3 is 14.9 Å². The smallest absolute Gasteiger partial charge is 0.255 e. The summed E-state index contributed by atoms with van der Waals surface area (Å²) in [6.07, 6.45) is 5.76. The number of nitrogens with zero attached hydrogens (tertiary/aromatic N) is 2. The first kappa shape index (κ1) is 14.6. The van der Waals surface area contributed by atoms with Crippen LogP contribution in [-0.2, 0) is 30.7 Å². The summed E-state index contributed by atoms with van der Waals surface area (Å²) in [4.78, 5) is 31.8. The zero-order valence-electron chi connectivity index (χ0n) is 12.6. The molecule has 22 heavy (non-hydrogen) atoms. The predicted octanol–water partition coefficient (Wildman–Crippen LogP) is 1.01. The number of aromatic nitrogens is 3. The summed E-state index contributed by atoms with van der Waals surface area (Å²) in [5.41, 5.74) is 2.71. The molecule has 2 heterocycles. The number of H-pyrrole nitrogens is 1. The van der Waals surface area contributed by atoms with Crippen LogP contribution in [0.15, 0.2) is 29.5 Å². The van der Waals surface area contributed by atoms with Crippen molar-refractivity contribution in [2.24, 2.45) is 5.92 Å². The molecule has 0 spiro atoms. The lowest BCUT2D eigenvalue weighted by Crippen LogP contribution is -2.35. The number of carbonyl (C=O) groups is 1. The second-order valence-electron chi connectivity index (χ2n) is 5.61. The van der Waals surface area contributed by atoms with E-state index in [-0.39, 0.29) is 23.9 Å². The van der Waals surface area contributed by atoms with Gasteiger partial charge in [0, 0.05) is 42.9 Å². The third kappa shape index (κ3) is 2.81. The lowest BCUT2D eigenvalue weighted by molar-refractivity contribution is -0.125. The van der Waals surface area contributed by atoms with Gasteiger partial charge in [-0.3, -0.25) is 9.59 Å². The van der Waals surface area contributed by atoms with E-state index < -0.39 is 0 Å². The van der Waals surface area contributed by atoms with Crippen molar-refractivity contribution < 1.29 is 4.79 Å². The molecule has 6 heteroatoms. The van der Waals surface area contributed by atoms with Crippen LogP contribution in [-0.4, -0.2) is 20.4 Å². The van der Waals surface area contributed by atoms with Gasteiger partial charge in [0.1, 0.15) is 0 Å². The minimum absolute atomic E-state index is 0.00607. The van der Waals surface area contributed by atoms with E-state index in [4.69, 9.17) is 0 Å². The number of imidazole rings is 1. The van der Waals surface area contributed by atoms with Gasteiger partial charge in [-0.15, -0.1) is 0 Å². The first-order valence-electron chi connectivity index (χ1n) is 7.66. The molecule has 2 N–H and O–H groups in total. The van der Waals surface area contributed by atoms with Crippen molar-refractivity contribution in [1.82, 2.24) is 19.9 Å². The van der Waals surface area contributed by atoms with Gasteiger partial charge in [-0.05, 0) is 25.8 Å². The third-order valence-corrected chi connectivity index (χ3v) is 4.25. The molecule has 2 aromatic rings. The van der Waals surface area contributed by atoms with E-state index in [1.807, 2.05) is 13.0 Å². The monoisotopic (exact) mass is 300 g/mol. The van der Waals surface area contributed by atoms with Crippen LogP contribution in [0.5, 0.6) is 0 Å². The molecule has 1 unspecified atom stereocenters. The Morgan fingerprint density at radius 3 is 3.23 bits per heavy atom. The molecule has 0 aliphatic heterocycles. The molecule has 116 valence electrons. The maximum atomic E-state index is 12.3. The fourth-order valence-corrected chi connectivity index (χ4v) is 2.92. The third-order valence-electron chi connectivity index (χ3n) is 4.25. The number of fused-ring (bicyclic) bond motifs is 1. The van der Waals surface area contributed by atoms with Gasteiger partial charge >= 0.3 is 0 Å². The average Bonchev–Trinajstić information content (AvgIpc) is 3.01. The van der Waals surface area contributed by atoms with Gasteiger partial charge in [-0.25, -0.2) is 4.98 Å². The zero-order chi connectivity index (χ0) is 15.5. The Morgan fingerprint density at radius 2 is 2.41 bits per heavy atom. The summed E-state index contributed by atoms with van der Waals surface area (Å²) in [7, 11) is 0. The van der Waals surface area contributed by atoms with Crippen molar-refractivity contribution >= 4 is 5.91 Å². The number of aryl methyl sites for hydroxylation is 2. The fraction of sp³-hybridized carbons (Fsp3) is 0.438. The number of hydrogen-bond donors (Lipinski definition) is 2. The summed E-state index contributed by atoms with van der Waals surface area (Å²) in [6.45, 7) is 2.84. The Kier molecular flexibility index (Phi) is 4.09. The zero-order valence-corrected chi connectivity index (χ0v) is 12.6. The Balaban J connectivity index is 1.63. The van der Waals surface area contributed by atoms with Crippen LogP contribution in [0, 0.1) is 5.92 Å². The number of pyridine rings is 1. The van der Waals surface area contributed by atoms with Crippen molar-refractivity contribution in [3.63, 3.8) is 0 Å². The summed E-state index contributed by atoms with van der Waals surface area (Å²) >= 11 is 0. The minimum atomic E-state index is -0.0509. The highest BCUT2D eigenvalue weighted by atomic mass is 16.2. The van der Waals surface area contributed by atoms with Gasteiger partial charge in [0.25, 0.3) is 5.56 Å². The molecule has 1 amide bonds. The molecular formula is C16H20N4O2.